The van der Waals surface area contributed by atoms with Crippen molar-refractivity contribution in [1.82, 2.24) is 0 Å². The molecule has 112 valence electrons. The number of benzene rings is 3. The lowest BCUT2D eigenvalue weighted by molar-refractivity contribution is 0.668. The highest BCUT2D eigenvalue weighted by Crippen LogP contribution is 2.31. The van der Waals surface area contributed by atoms with Crippen molar-refractivity contribution in [2.45, 2.75) is 39.0 Å². The van der Waals surface area contributed by atoms with E-state index in [1.165, 1.54) is 59.6 Å². The summed E-state index contributed by atoms with van der Waals surface area (Å²) in [6, 6.07) is 24.1. The summed E-state index contributed by atoms with van der Waals surface area (Å²) >= 11 is 0. The quantitative estimate of drug-likeness (QED) is 0.446. The maximum Gasteiger partial charge on any atom is -0.0146 e. The van der Waals surface area contributed by atoms with Crippen molar-refractivity contribution in [2.75, 3.05) is 0 Å². The van der Waals surface area contributed by atoms with Crippen LogP contribution in [0.2, 0.25) is 0 Å². The van der Waals surface area contributed by atoms with Gasteiger partial charge < -0.3 is 0 Å². The fourth-order valence-electron chi connectivity index (χ4n) is 3.22. The van der Waals surface area contributed by atoms with Gasteiger partial charge in [0, 0.05) is 0 Å². The highest BCUT2D eigenvalue weighted by molar-refractivity contribution is 5.91. The minimum absolute atomic E-state index is 1.17. The van der Waals surface area contributed by atoms with Crippen molar-refractivity contribution in [3.63, 3.8) is 0 Å². The van der Waals surface area contributed by atoms with Crippen molar-refractivity contribution in [2.24, 2.45) is 0 Å². The van der Waals surface area contributed by atoms with Crippen molar-refractivity contribution in [1.29, 1.82) is 0 Å². The molecule has 0 heteroatoms. The molecule has 0 aliphatic rings. The standard InChI is InChI=1S/C22H24/c1-2-3-4-8-15-22-20-14-10-9-13-19(20)16-17-21(22)18-11-6-5-7-12-18/h5-7,9-14,16-17H,2-4,8,15H2,1H3. The van der Waals surface area contributed by atoms with Crippen molar-refractivity contribution >= 4 is 10.8 Å². The largest absolute Gasteiger partial charge is 0.0654 e. The SMILES string of the molecule is CCCCCCc1c(-c2ccccc2)ccc2ccccc12. The summed E-state index contributed by atoms with van der Waals surface area (Å²) < 4.78 is 0. The van der Waals surface area contributed by atoms with Crippen LogP contribution in [-0.2, 0) is 6.42 Å². The molecule has 22 heavy (non-hydrogen) atoms. The Morgan fingerprint density at radius 2 is 1.45 bits per heavy atom. The first kappa shape index (κ1) is 14.8. The zero-order valence-corrected chi connectivity index (χ0v) is 13.4. The molecule has 0 bridgehead atoms. The van der Waals surface area contributed by atoms with E-state index in [1.54, 1.807) is 0 Å². The number of unbranched alkanes of at least 4 members (excludes halogenated alkanes) is 3. The molecular weight excluding hydrogens is 264 g/mol. The van der Waals surface area contributed by atoms with Gasteiger partial charge in [-0.15, -0.1) is 0 Å². The van der Waals surface area contributed by atoms with Crippen LogP contribution in [0.25, 0.3) is 21.9 Å². The fourth-order valence-corrected chi connectivity index (χ4v) is 3.22. The Morgan fingerprint density at radius 3 is 2.27 bits per heavy atom. The van der Waals surface area contributed by atoms with Gasteiger partial charge in [-0.2, -0.15) is 0 Å². The minimum Gasteiger partial charge on any atom is -0.0654 e. The van der Waals surface area contributed by atoms with E-state index in [1.807, 2.05) is 0 Å². The molecule has 3 aromatic carbocycles. The first-order valence-electron chi connectivity index (χ1n) is 8.46. The molecule has 0 saturated heterocycles. The van der Waals surface area contributed by atoms with Gasteiger partial charge in [-0.25, -0.2) is 0 Å². The highest BCUT2D eigenvalue weighted by atomic mass is 14.1. The molecule has 0 saturated carbocycles. The van der Waals surface area contributed by atoms with Gasteiger partial charge >= 0.3 is 0 Å². The van der Waals surface area contributed by atoms with Crippen LogP contribution in [0.4, 0.5) is 0 Å². The Hall–Kier alpha value is -2.08. The third-order valence-electron chi connectivity index (χ3n) is 4.41. The Morgan fingerprint density at radius 1 is 0.682 bits per heavy atom. The monoisotopic (exact) mass is 288 g/mol. The zero-order valence-electron chi connectivity index (χ0n) is 13.4. The summed E-state index contributed by atoms with van der Waals surface area (Å²) in [5.41, 5.74) is 4.25. The van der Waals surface area contributed by atoms with E-state index in [0.717, 1.165) is 0 Å². The Balaban J connectivity index is 2.03. The smallest absolute Gasteiger partial charge is 0.0146 e. The number of rotatable bonds is 6. The minimum atomic E-state index is 1.17. The van der Waals surface area contributed by atoms with Crippen LogP contribution >= 0.6 is 0 Å². The van der Waals surface area contributed by atoms with Crippen molar-refractivity contribution in [3.8, 4) is 11.1 Å². The zero-order chi connectivity index (χ0) is 15.2. The van der Waals surface area contributed by atoms with Crippen LogP contribution in [0.15, 0.2) is 66.7 Å². The molecule has 0 atom stereocenters. The Kier molecular flexibility index (Phi) is 4.90. The maximum atomic E-state index is 2.30. The summed E-state index contributed by atoms with van der Waals surface area (Å²) in [5.74, 6) is 0. The maximum absolute atomic E-state index is 2.30. The molecular formula is C22H24. The second-order valence-electron chi connectivity index (χ2n) is 5.99. The molecule has 0 unspecified atom stereocenters. The molecule has 3 aromatic rings. The predicted molar refractivity (Wildman–Crippen MR) is 97.2 cm³/mol. The van der Waals surface area contributed by atoms with Gasteiger partial charge in [-0.05, 0) is 40.3 Å². The van der Waals surface area contributed by atoms with E-state index in [0.29, 0.717) is 0 Å². The predicted octanol–water partition coefficient (Wildman–Crippen LogP) is 6.63. The van der Waals surface area contributed by atoms with Gasteiger partial charge in [-0.3, -0.25) is 0 Å². The van der Waals surface area contributed by atoms with Gasteiger partial charge in [-0.1, -0.05) is 92.9 Å². The fraction of sp³-hybridized carbons (Fsp3) is 0.273. The van der Waals surface area contributed by atoms with E-state index < -0.39 is 0 Å². The van der Waals surface area contributed by atoms with Crippen molar-refractivity contribution < 1.29 is 0 Å². The lowest BCUT2D eigenvalue weighted by Crippen LogP contribution is -1.93. The van der Waals surface area contributed by atoms with Crippen LogP contribution in [-0.4, -0.2) is 0 Å². The van der Waals surface area contributed by atoms with Crippen LogP contribution in [0.3, 0.4) is 0 Å². The number of aryl methyl sites for hydroxylation is 1. The molecule has 0 amide bonds. The van der Waals surface area contributed by atoms with Crippen LogP contribution in [0.1, 0.15) is 38.2 Å². The molecule has 0 aliphatic carbocycles. The third-order valence-corrected chi connectivity index (χ3v) is 4.41. The average Bonchev–Trinajstić information content (AvgIpc) is 2.59. The van der Waals surface area contributed by atoms with Crippen LogP contribution in [0, 0.1) is 0 Å². The van der Waals surface area contributed by atoms with Crippen LogP contribution < -0.4 is 0 Å². The molecule has 0 heterocycles. The molecule has 0 N–H and O–H groups in total. The van der Waals surface area contributed by atoms with Gasteiger partial charge in [0.05, 0.1) is 0 Å². The first-order valence-corrected chi connectivity index (χ1v) is 8.46. The van der Waals surface area contributed by atoms with E-state index in [9.17, 15) is 0 Å². The Labute approximate surface area is 133 Å². The molecule has 0 radical (unpaired) electrons. The van der Waals surface area contributed by atoms with Gasteiger partial charge in [0.25, 0.3) is 0 Å². The van der Waals surface area contributed by atoms with Gasteiger partial charge in [0.1, 0.15) is 0 Å². The second-order valence-corrected chi connectivity index (χ2v) is 5.99. The van der Waals surface area contributed by atoms with Crippen molar-refractivity contribution in [3.05, 3.63) is 72.3 Å². The van der Waals surface area contributed by atoms with E-state index >= 15 is 0 Å². The first-order chi connectivity index (χ1) is 10.9. The highest BCUT2D eigenvalue weighted by Gasteiger charge is 2.09. The number of hydrogen-bond acceptors (Lipinski definition) is 0. The lowest BCUT2D eigenvalue weighted by atomic mass is 9.91. The average molecular weight is 288 g/mol. The summed E-state index contributed by atoms with van der Waals surface area (Å²) in [4.78, 5) is 0. The molecule has 0 aromatic heterocycles. The number of fused-ring (bicyclic) bond motifs is 1. The molecule has 0 nitrogen and oxygen atoms in total. The summed E-state index contributed by atoms with van der Waals surface area (Å²) in [6.07, 6.45) is 6.41. The van der Waals surface area contributed by atoms with E-state index in [4.69, 9.17) is 0 Å². The summed E-state index contributed by atoms with van der Waals surface area (Å²) in [7, 11) is 0. The third kappa shape index (κ3) is 3.22. The molecule has 3 rings (SSSR count). The number of hydrogen-bond donors (Lipinski definition) is 0. The molecule has 0 fully saturated rings. The topological polar surface area (TPSA) is 0 Å². The summed E-state index contributed by atoms with van der Waals surface area (Å²) in [6.45, 7) is 2.27. The van der Waals surface area contributed by atoms with E-state index in [-0.39, 0.29) is 0 Å². The van der Waals surface area contributed by atoms with Crippen LogP contribution in [0.5, 0.6) is 0 Å². The normalized spacial score (nSPS) is 11.0. The van der Waals surface area contributed by atoms with Gasteiger partial charge in [0.2, 0.25) is 0 Å². The molecule has 0 aliphatic heterocycles. The lowest BCUT2D eigenvalue weighted by Gasteiger charge is -2.14. The summed E-state index contributed by atoms with van der Waals surface area (Å²) in [5, 5.41) is 2.77. The molecule has 0 spiro atoms. The second kappa shape index (κ2) is 7.26. The van der Waals surface area contributed by atoms with E-state index in [2.05, 4.69) is 73.7 Å². The Bertz CT molecular complexity index is 725. The van der Waals surface area contributed by atoms with Gasteiger partial charge in [0.15, 0.2) is 0 Å².